The van der Waals surface area contributed by atoms with Crippen LogP contribution in [0.3, 0.4) is 0 Å². The standard InChI is InChI=1S/C21H15NO3S/c1-13-6-8-14(9-7-13)19(23)20-18(16-4-2-3-5-17(16)25-20)22-21(24)15-10-11-26-12-15/h2-12H,1H3,(H,22,24). The number of aryl methyl sites for hydroxylation is 1. The zero-order chi connectivity index (χ0) is 18.1. The summed E-state index contributed by atoms with van der Waals surface area (Å²) < 4.78 is 5.80. The van der Waals surface area contributed by atoms with Crippen molar-refractivity contribution in [2.24, 2.45) is 0 Å². The van der Waals surface area contributed by atoms with Crippen molar-refractivity contribution in [3.63, 3.8) is 0 Å². The van der Waals surface area contributed by atoms with Crippen LogP contribution in [-0.4, -0.2) is 11.7 Å². The Balaban J connectivity index is 1.80. The SMILES string of the molecule is Cc1ccc(C(=O)c2oc3ccccc3c2NC(=O)c2ccsc2)cc1. The first-order valence-electron chi connectivity index (χ1n) is 8.10. The van der Waals surface area contributed by atoms with Gasteiger partial charge in [0, 0.05) is 16.3 Å². The molecule has 2 aromatic carbocycles. The highest BCUT2D eigenvalue weighted by atomic mass is 32.1. The monoisotopic (exact) mass is 361 g/mol. The summed E-state index contributed by atoms with van der Waals surface area (Å²) in [5.41, 5.74) is 3.10. The Labute approximate surface area is 154 Å². The molecule has 0 fully saturated rings. The number of furan rings is 1. The number of rotatable bonds is 4. The first kappa shape index (κ1) is 16.3. The zero-order valence-electron chi connectivity index (χ0n) is 14.0. The zero-order valence-corrected chi connectivity index (χ0v) is 14.8. The summed E-state index contributed by atoms with van der Waals surface area (Å²) in [5.74, 6) is -0.392. The van der Waals surface area contributed by atoms with Crippen LogP contribution in [0.4, 0.5) is 5.69 Å². The number of carbonyl (C=O) groups is 2. The van der Waals surface area contributed by atoms with Gasteiger partial charge in [0.05, 0.1) is 11.3 Å². The number of amides is 1. The first-order chi connectivity index (χ1) is 12.6. The number of hydrogen-bond acceptors (Lipinski definition) is 4. The predicted molar refractivity (Wildman–Crippen MR) is 103 cm³/mol. The largest absolute Gasteiger partial charge is 0.450 e. The molecule has 0 aliphatic heterocycles. The van der Waals surface area contributed by atoms with Gasteiger partial charge in [-0.25, -0.2) is 0 Å². The van der Waals surface area contributed by atoms with Gasteiger partial charge in [-0.3, -0.25) is 9.59 Å². The Morgan fingerprint density at radius 1 is 0.962 bits per heavy atom. The quantitative estimate of drug-likeness (QED) is 0.503. The summed E-state index contributed by atoms with van der Waals surface area (Å²) >= 11 is 1.44. The minimum absolute atomic E-state index is 0.138. The van der Waals surface area contributed by atoms with Crippen molar-refractivity contribution in [3.8, 4) is 0 Å². The topological polar surface area (TPSA) is 59.3 Å². The van der Waals surface area contributed by atoms with Gasteiger partial charge in [0.2, 0.25) is 5.78 Å². The van der Waals surface area contributed by atoms with Gasteiger partial charge in [0.25, 0.3) is 5.91 Å². The fourth-order valence-electron chi connectivity index (χ4n) is 2.74. The molecule has 2 aromatic heterocycles. The lowest BCUT2D eigenvalue weighted by atomic mass is 10.1. The lowest BCUT2D eigenvalue weighted by Gasteiger charge is -2.05. The number of fused-ring (bicyclic) bond motifs is 1. The molecular weight excluding hydrogens is 346 g/mol. The highest BCUT2D eigenvalue weighted by Crippen LogP contribution is 2.33. The molecule has 1 N–H and O–H groups in total. The van der Waals surface area contributed by atoms with Crippen LogP contribution in [0.25, 0.3) is 11.0 Å². The molecule has 1 amide bonds. The number of nitrogens with one attached hydrogen (secondary N) is 1. The van der Waals surface area contributed by atoms with Crippen molar-refractivity contribution < 1.29 is 14.0 Å². The number of ketones is 1. The van der Waals surface area contributed by atoms with Crippen LogP contribution in [0.15, 0.2) is 69.8 Å². The number of carbonyl (C=O) groups excluding carboxylic acids is 2. The van der Waals surface area contributed by atoms with E-state index in [1.165, 1.54) is 11.3 Å². The number of anilines is 1. The number of thiophene rings is 1. The van der Waals surface area contributed by atoms with E-state index in [0.717, 1.165) is 5.56 Å². The maximum atomic E-state index is 13.0. The van der Waals surface area contributed by atoms with Crippen molar-refractivity contribution in [2.75, 3.05) is 5.32 Å². The van der Waals surface area contributed by atoms with E-state index in [9.17, 15) is 9.59 Å². The Morgan fingerprint density at radius 2 is 1.73 bits per heavy atom. The fraction of sp³-hybridized carbons (Fsp3) is 0.0476. The summed E-state index contributed by atoms with van der Waals surface area (Å²) in [7, 11) is 0. The van der Waals surface area contributed by atoms with Crippen LogP contribution in [0, 0.1) is 6.92 Å². The smallest absolute Gasteiger partial charge is 0.256 e. The van der Waals surface area contributed by atoms with Crippen LogP contribution >= 0.6 is 11.3 Å². The number of benzene rings is 2. The minimum Gasteiger partial charge on any atom is -0.450 e. The Kier molecular flexibility index (Phi) is 4.14. The molecule has 4 nitrogen and oxygen atoms in total. The molecule has 0 spiro atoms. The van der Waals surface area contributed by atoms with Gasteiger partial charge in [-0.2, -0.15) is 11.3 Å². The Morgan fingerprint density at radius 3 is 2.46 bits per heavy atom. The van der Waals surface area contributed by atoms with Crippen molar-refractivity contribution >= 4 is 39.7 Å². The molecule has 2 heterocycles. The van der Waals surface area contributed by atoms with E-state index in [1.54, 1.807) is 29.6 Å². The minimum atomic E-state index is -0.268. The second kappa shape index (κ2) is 6.61. The molecule has 0 aliphatic carbocycles. The van der Waals surface area contributed by atoms with E-state index >= 15 is 0 Å². The molecule has 4 rings (SSSR count). The van der Waals surface area contributed by atoms with E-state index in [2.05, 4.69) is 5.32 Å². The van der Waals surface area contributed by atoms with E-state index in [4.69, 9.17) is 4.42 Å². The van der Waals surface area contributed by atoms with Crippen LogP contribution < -0.4 is 5.32 Å². The van der Waals surface area contributed by atoms with Crippen LogP contribution in [0.2, 0.25) is 0 Å². The third-order valence-corrected chi connectivity index (χ3v) is 4.82. The summed E-state index contributed by atoms with van der Waals surface area (Å²) in [5, 5.41) is 7.15. The van der Waals surface area contributed by atoms with Crippen LogP contribution in [0.1, 0.15) is 32.0 Å². The number of para-hydroxylation sites is 1. The predicted octanol–water partition coefficient (Wildman–Crippen LogP) is 5.29. The average Bonchev–Trinajstić information content (AvgIpc) is 3.30. The summed E-state index contributed by atoms with van der Waals surface area (Å²) in [6.45, 7) is 1.96. The fourth-order valence-corrected chi connectivity index (χ4v) is 3.38. The third kappa shape index (κ3) is 2.93. The maximum absolute atomic E-state index is 13.0. The van der Waals surface area contributed by atoms with Crippen molar-refractivity contribution in [1.82, 2.24) is 0 Å². The summed E-state index contributed by atoms with van der Waals surface area (Å²) in [6.07, 6.45) is 0. The van der Waals surface area contributed by atoms with E-state index in [1.807, 2.05) is 42.6 Å². The van der Waals surface area contributed by atoms with E-state index in [-0.39, 0.29) is 17.5 Å². The molecule has 0 bridgehead atoms. The van der Waals surface area contributed by atoms with Gasteiger partial charge in [-0.15, -0.1) is 0 Å². The lowest BCUT2D eigenvalue weighted by molar-refractivity contribution is 0.101. The molecular formula is C21H15NO3S. The Bertz CT molecular complexity index is 1090. The van der Waals surface area contributed by atoms with E-state index < -0.39 is 0 Å². The molecule has 0 aliphatic rings. The van der Waals surface area contributed by atoms with Gasteiger partial charge in [0.15, 0.2) is 5.76 Å². The maximum Gasteiger partial charge on any atom is 0.256 e. The van der Waals surface area contributed by atoms with Crippen molar-refractivity contribution in [3.05, 3.63) is 87.8 Å². The molecule has 5 heteroatoms. The molecule has 0 atom stereocenters. The van der Waals surface area contributed by atoms with Gasteiger partial charge >= 0.3 is 0 Å². The molecule has 4 aromatic rings. The molecule has 0 radical (unpaired) electrons. The van der Waals surface area contributed by atoms with Crippen LogP contribution in [0.5, 0.6) is 0 Å². The van der Waals surface area contributed by atoms with Gasteiger partial charge in [-0.05, 0) is 30.5 Å². The summed E-state index contributed by atoms with van der Waals surface area (Å²) in [4.78, 5) is 25.5. The third-order valence-electron chi connectivity index (χ3n) is 4.14. The van der Waals surface area contributed by atoms with Gasteiger partial charge < -0.3 is 9.73 Å². The molecule has 0 saturated heterocycles. The second-order valence-corrected chi connectivity index (χ2v) is 6.74. The molecule has 26 heavy (non-hydrogen) atoms. The molecule has 128 valence electrons. The average molecular weight is 361 g/mol. The van der Waals surface area contributed by atoms with Gasteiger partial charge in [0.1, 0.15) is 5.58 Å². The Hall–Kier alpha value is -3.18. The van der Waals surface area contributed by atoms with Crippen molar-refractivity contribution in [2.45, 2.75) is 6.92 Å². The first-order valence-corrected chi connectivity index (χ1v) is 9.04. The van der Waals surface area contributed by atoms with Crippen LogP contribution in [-0.2, 0) is 0 Å². The van der Waals surface area contributed by atoms with Gasteiger partial charge in [-0.1, -0.05) is 42.0 Å². The molecule has 0 unspecified atom stereocenters. The normalized spacial score (nSPS) is 10.8. The van der Waals surface area contributed by atoms with E-state index in [0.29, 0.717) is 27.8 Å². The van der Waals surface area contributed by atoms with Crippen molar-refractivity contribution in [1.29, 1.82) is 0 Å². The summed E-state index contributed by atoms with van der Waals surface area (Å²) in [6, 6.07) is 16.3. The lowest BCUT2D eigenvalue weighted by Crippen LogP contribution is -2.13. The number of hydrogen-bond donors (Lipinski definition) is 1. The highest BCUT2D eigenvalue weighted by Gasteiger charge is 2.23. The second-order valence-electron chi connectivity index (χ2n) is 5.96. The highest BCUT2D eigenvalue weighted by molar-refractivity contribution is 7.08. The molecule has 0 saturated carbocycles.